The predicted molar refractivity (Wildman–Crippen MR) is 101 cm³/mol. The molecule has 3 rings (SSSR count). The van der Waals surface area contributed by atoms with E-state index in [4.69, 9.17) is 0 Å². The molecule has 10 heteroatoms. The number of carbonyl (C=O) groups is 1. The van der Waals surface area contributed by atoms with E-state index in [0.717, 1.165) is 21.2 Å². The largest absolute Gasteiger partial charge is 0.391 e. The maximum Gasteiger partial charge on any atom is 0.261 e. The van der Waals surface area contributed by atoms with Crippen molar-refractivity contribution in [1.82, 2.24) is 15.6 Å². The molecule has 2 aromatic heterocycles. The number of hydrogen-bond acceptors (Lipinski definition) is 7. The van der Waals surface area contributed by atoms with E-state index in [1.165, 1.54) is 11.3 Å². The molecule has 130 valence electrons. The molecule has 2 aromatic rings. The van der Waals surface area contributed by atoms with E-state index in [2.05, 4.69) is 15.6 Å². The number of halogens is 2. The van der Waals surface area contributed by atoms with E-state index in [1.807, 2.05) is 25.1 Å². The number of fused-ring (bicyclic) bond motifs is 1. The van der Waals surface area contributed by atoms with Gasteiger partial charge in [-0.25, -0.2) is 4.98 Å². The Morgan fingerprint density at radius 1 is 1.43 bits per heavy atom. The number of aromatic nitrogens is 1. The van der Waals surface area contributed by atoms with Crippen molar-refractivity contribution in [3.8, 4) is 0 Å². The van der Waals surface area contributed by atoms with Crippen LogP contribution in [0.3, 0.4) is 0 Å². The number of thiazole rings is 1. The van der Waals surface area contributed by atoms with Crippen molar-refractivity contribution in [2.24, 2.45) is 5.92 Å². The molecule has 2 atom stereocenters. The number of nitrogens with one attached hydrogen (secondary N) is 2. The highest BCUT2D eigenvalue weighted by molar-refractivity contribution is 7.29. The number of carbonyl (C=O) groups excluding carboxylic acids is 1. The zero-order valence-corrected chi connectivity index (χ0v) is 16.0. The smallest absolute Gasteiger partial charge is 0.261 e. The third-order valence-electron chi connectivity index (χ3n) is 3.51. The van der Waals surface area contributed by atoms with Crippen molar-refractivity contribution in [2.75, 3.05) is 38.6 Å². The summed E-state index contributed by atoms with van der Waals surface area (Å²) < 4.78 is 1.04. The van der Waals surface area contributed by atoms with Crippen LogP contribution in [0.5, 0.6) is 0 Å². The van der Waals surface area contributed by atoms with Gasteiger partial charge in [0, 0.05) is 39.6 Å². The molecule has 1 amide bonds. The molecule has 3 heterocycles. The molecule has 23 heavy (non-hydrogen) atoms. The maximum atomic E-state index is 12.2. The average Bonchev–Trinajstić information content (AvgIpc) is 3.09. The summed E-state index contributed by atoms with van der Waals surface area (Å²) in [4.78, 5) is 20.2. The third-order valence-corrected chi connectivity index (χ3v) is 5.84. The Hall–Kier alpha value is -0.640. The first-order valence-corrected chi connectivity index (χ1v) is 8.42. The number of rotatable bonds is 4. The first kappa shape index (κ1) is 20.4. The molecule has 3 N–H and O–H groups in total. The van der Waals surface area contributed by atoms with Crippen LogP contribution in [0.1, 0.15) is 9.67 Å². The van der Waals surface area contributed by atoms with Gasteiger partial charge < -0.3 is 20.6 Å². The Morgan fingerprint density at radius 3 is 2.74 bits per heavy atom. The zero-order chi connectivity index (χ0) is 15.0. The molecule has 0 spiro atoms. The lowest BCUT2D eigenvalue weighted by molar-refractivity contribution is 0.0931. The standard InChI is InChI=1S/C13H18N4O2S2.2ClH/c1-17(2)13-16-12-10(21-13)3-9(20-12)11(19)15-5-7-4-14-6-8(7)18;;/h3,7-8,14,18H,4-6H2,1-2H3,(H,15,19);2*1H. The van der Waals surface area contributed by atoms with E-state index in [1.54, 1.807) is 11.3 Å². The van der Waals surface area contributed by atoms with Gasteiger partial charge in [-0.15, -0.1) is 36.2 Å². The second-order valence-electron chi connectivity index (χ2n) is 5.37. The van der Waals surface area contributed by atoms with Gasteiger partial charge in [0.25, 0.3) is 5.91 Å². The maximum absolute atomic E-state index is 12.2. The molecule has 1 aliphatic rings. The molecule has 0 aromatic carbocycles. The first-order chi connectivity index (χ1) is 10.0. The SMILES string of the molecule is CN(C)c1nc2sc(C(=O)NCC3CNCC3O)cc2s1.Cl.Cl. The van der Waals surface area contributed by atoms with Gasteiger partial charge in [-0.2, -0.15) is 0 Å². The summed E-state index contributed by atoms with van der Waals surface area (Å²) in [5, 5.41) is 16.7. The third kappa shape index (κ3) is 4.46. The van der Waals surface area contributed by atoms with Gasteiger partial charge in [-0.3, -0.25) is 4.79 Å². The second kappa shape index (κ2) is 8.46. The van der Waals surface area contributed by atoms with Crippen LogP contribution >= 0.6 is 47.5 Å². The molecule has 0 radical (unpaired) electrons. The van der Waals surface area contributed by atoms with Crippen molar-refractivity contribution in [3.05, 3.63) is 10.9 Å². The molecule has 6 nitrogen and oxygen atoms in total. The topological polar surface area (TPSA) is 77.5 Å². The van der Waals surface area contributed by atoms with Crippen molar-refractivity contribution < 1.29 is 9.90 Å². The minimum atomic E-state index is -0.374. The Morgan fingerprint density at radius 2 is 2.17 bits per heavy atom. The predicted octanol–water partition coefficient (Wildman–Crippen LogP) is 1.58. The summed E-state index contributed by atoms with van der Waals surface area (Å²) in [6.07, 6.45) is -0.374. The first-order valence-electron chi connectivity index (χ1n) is 6.79. The Kier molecular flexibility index (Phi) is 7.50. The van der Waals surface area contributed by atoms with E-state index >= 15 is 0 Å². The minimum absolute atomic E-state index is 0. The van der Waals surface area contributed by atoms with E-state index < -0.39 is 0 Å². The molecular formula is C13H20Cl2N4O2S2. The highest BCUT2D eigenvalue weighted by atomic mass is 35.5. The monoisotopic (exact) mass is 398 g/mol. The number of aliphatic hydroxyl groups excluding tert-OH is 1. The van der Waals surface area contributed by atoms with Crippen molar-refractivity contribution in [3.63, 3.8) is 0 Å². The highest BCUT2D eigenvalue weighted by Gasteiger charge is 2.25. The number of thiophene rings is 1. The number of amides is 1. The molecule has 1 saturated heterocycles. The van der Waals surface area contributed by atoms with Gasteiger partial charge in [0.05, 0.1) is 15.7 Å². The van der Waals surface area contributed by atoms with E-state index in [0.29, 0.717) is 18.0 Å². The number of aliphatic hydroxyl groups is 1. The normalized spacial score (nSPS) is 20.0. The number of nitrogens with zero attached hydrogens (tertiary/aromatic N) is 2. The van der Waals surface area contributed by atoms with Crippen LogP contribution in [-0.2, 0) is 0 Å². The van der Waals surface area contributed by atoms with Crippen LogP contribution in [0, 0.1) is 5.92 Å². The van der Waals surface area contributed by atoms with Crippen molar-refractivity contribution in [1.29, 1.82) is 0 Å². The summed E-state index contributed by atoms with van der Waals surface area (Å²) in [5.74, 6) is 0.00389. The molecule has 0 aliphatic carbocycles. The summed E-state index contributed by atoms with van der Waals surface area (Å²) in [6.45, 7) is 1.84. The molecule has 0 bridgehead atoms. The summed E-state index contributed by atoms with van der Waals surface area (Å²) in [6, 6.07) is 1.89. The van der Waals surface area contributed by atoms with E-state index in [9.17, 15) is 9.90 Å². The van der Waals surface area contributed by atoms with Gasteiger partial charge >= 0.3 is 0 Å². The fraction of sp³-hybridized carbons (Fsp3) is 0.538. The Labute approximate surface area is 155 Å². The summed E-state index contributed by atoms with van der Waals surface area (Å²) >= 11 is 2.99. The van der Waals surface area contributed by atoms with Gasteiger partial charge in [0.15, 0.2) is 5.13 Å². The van der Waals surface area contributed by atoms with E-state index in [-0.39, 0.29) is 42.7 Å². The van der Waals surface area contributed by atoms with Crippen LogP contribution in [0.15, 0.2) is 6.07 Å². The quantitative estimate of drug-likeness (QED) is 0.728. The lowest BCUT2D eigenvalue weighted by Crippen LogP contribution is -2.34. The van der Waals surface area contributed by atoms with Crippen LogP contribution in [0.4, 0.5) is 5.13 Å². The van der Waals surface area contributed by atoms with Gasteiger partial charge in [-0.05, 0) is 6.07 Å². The molecular weight excluding hydrogens is 379 g/mol. The second-order valence-corrected chi connectivity index (χ2v) is 7.41. The molecule has 1 fully saturated rings. The number of β-amino-alcohol motifs (C(OH)–C–C–N with tert-alkyl or cyclic N) is 1. The Balaban J connectivity index is 0.00000132. The van der Waals surface area contributed by atoms with Gasteiger partial charge in [0.1, 0.15) is 4.83 Å². The molecule has 1 aliphatic heterocycles. The zero-order valence-electron chi connectivity index (χ0n) is 12.7. The number of anilines is 1. The fourth-order valence-corrected chi connectivity index (χ4v) is 4.32. The van der Waals surface area contributed by atoms with Gasteiger partial charge in [0.2, 0.25) is 0 Å². The lowest BCUT2D eigenvalue weighted by atomic mass is 10.1. The van der Waals surface area contributed by atoms with Gasteiger partial charge in [-0.1, -0.05) is 11.3 Å². The van der Waals surface area contributed by atoms with Crippen LogP contribution in [0.25, 0.3) is 9.53 Å². The average molecular weight is 399 g/mol. The van der Waals surface area contributed by atoms with Crippen LogP contribution in [-0.4, -0.2) is 55.8 Å². The lowest BCUT2D eigenvalue weighted by Gasteiger charge is -2.13. The summed E-state index contributed by atoms with van der Waals surface area (Å²) in [7, 11) is 3.91. The molecule has 2 unspecified atom stereocenters. The van der Waals surface area contributed by atoms with Crippen molar-refractivity contribution >= 4 is 68.1 Å². The Bertz CT molecular complexity index is 630. The summed E-state index contributed by atoms with van der Waals surface area (Å²) in [5.41, 5.74) is 0. The van der Waals surface area contributed by atoms with Crippen LogP contribution < -0.4 is 15.5 Å². The number of hydrogen-bond donors (Lipinski definition) is 3. The minimum Gasteiger partial charge on any atom is -0.391 e. The molecule has 0 saturated carbocycles. The highest BCUT2D eigenvalue weighted by Crippen LogP contribution is 2.33. The van der Waals surface area contributed by atoms with Crippen LogP contribution in [0.2, 0.25) is 0 Å². The fourth-order valence-electron chi connectivity index (χ4n) is 2.27. The van der Waals surface area contributed by atoms with Crippen molar-refractivity contribution in [2.45, 2.75) is 6.10 Å².